The van der Waals surface area contributed by atoms with E-state index in [2.05, 4.69) is 5.32 Å². The summed E-state index contributed by atoms with van der Waals surface area (Å²) in [5, 5.41) is 2.88. The van der Waals surface area contributed by atoms with Gasteiger partial charge in [-0.2, -0.15) is 0 Å². The fourth-order valence-corrected chi connectivity index (χ4v) is 2.07. The molecule has 0 saturated carbocycles. The van der Waals surface area contributed by atoms with Gasteiger partial charge in [0, 0.05) is 12.3 Å². The third kappa shape index (κ3) is 5.85. The maximum atomic E-state index is 12.2. The number of hydrogen-bond donors (Lipinski definition) is 1. The van der Waals surface area contributed by atoms with Gasteiger partial charge in [0.05, 0.1) is 13.2 Å². The third-order valence-corrected chi connectivity index (χ3v) is 3.38. The smallest absolute Gasteiger partial charge is 0.253 e. The van der Waals surface area contributed by atoms with E-state index >= 15 is 0 Å². The Labute approximate surface area is 137 Å². The first kappa shape index (κ1) is 17.2. The number of nitrogens with one attached hydrogen (secondary N) is 1. The van der Waals surface area contributed by atoms with E-state index < -0.39 is 6.10 Å². The largest absolute Gasteiger partial charge is 0.377 e. The third-order valence-electron chi connectivity index (χ3n) is 3.38. The van der Waals surface area contributed by atoms with Crippen molar-refractivity contribution in [3.05, 3.63) is 65.7 Å². The number of carbonyl (C=O) groups excluding carboxylic acids is 1. The van der Waals surface area contributed by atoms with Crippen LogP contribution in [0.5, 0.6) is 0 Å². The first-order valence-electron chi connectivity index (χ1n) is 7.82. The van der Waals surface area contributed by atoms with Gasteiger partial charge in [0.25, 0.3) is 5.91 Å². The van der Waals surface area contributed by atoms with E-state index in [1.54, 1.807) is 6.92 Å². The van der Waals surface area contributed by atoms with Crippen LogP contribution in [0.25, 0.3) is 0 Å². The zero-order chi connectivity index (χ0) is 16.5. The molecule has 2 rings (SSSR count). The topological polar surface area (TPSA) is 47.6 Å². The Morgan fingerprint density at radius 2 is 1.78 bits per heavy atom. The normalized spacial score (nSPS) is 11.9. The molecule has 4 nitrogen and oxygen atoms in total. The van der Waals surface area contributed by atoms with E-state index in [4.69, 9.17) is 9.47 Å². The Morgan fingerprint density at radius 3 is 2.52 bits per heavy atom. The summed E-state index contributed by atoms with van der Waals surface area (Å²) in [5.41, 5.74) is 2.83. The average molecular weight is 313 g/mol. The maximum Gasteiger partial charge on any atom is 0.253 e. The lowest BCUT2D eigenvalue weighted by atomic mass is 10.2. The van der Waals surface area contributed by atoms with E-state index in [1.807, 2.05) is 61.5 Å². The molecule has 0 aliphatic heterocycles. The van der Waals surface area contributed by atoms with Crippen LogP contribution in [0.1, 0.15) is 25.0 Å². The van der Waals surface area contributed by atoms with Gasteiger partial charge in [0.2, 0.25) is 0 Å². The van der Waals surface area contributed by atoms with Crippen molar-refractivity contribution in [1.29, 1.82) is 0 Å². The van der Waals surface area contributed by atoms with Gasteiger partial charge in [-0.15, -0.1) is 0 Å². The molecule has 1 N–H and O–H groups in total. The van der Waals surface area contributed by atoms with Gasteiger partial charge in [-0.3, -0.25) is 4.79 Å². The van der Waals surface area contributed by atoms with E-state index in [0.29, 0.717) is 19.8 Å². The molecule has 2 aromatic rings. The van der Waals surface area contributed by atoms with Gasteiger partial charge < -0.3 is 14.8 Å². The molecule has 0 aromatic heterocycles. The van der Waals surface area contributed by atoms with Gasteiger partial charge in [-0.1, -0.05) is 42.5 Å². The van der Waals surface area contributed by atoms with Crippen molar-refractivity contribution in [1.82, 2.24) is 0 Å². The monoisotopic (exact) mass is 313 g/mol. The molecule has 0 bridgehead atoms. The molecule has 2 aromatic carbocycles. The molecule has 0 spiro atoms. The van der Waals surface area contributed by atoms with E-state index in [-0.39, 0.29) is 5.91 Å². The summed E-state index contributed by atoms with van der Waals surface area (Å²) in [5.74, 6) is -0.158. The fourth-order valence-electron chi connectivity index (χ4n) is 2.07. The van der Waals surface area contributed by atoms with Gasteiger partial charge >= 0.3 is 0 Å². The van der Waals surface area contributed by atoms with Crippen molar-refractivity contribution in [2.24, 2.45) is 0 Å². The summed E-state index contributed by atoms with van der Waals surface area (Å²) < 4.78 is 11.0. The van der Waals surface area contributed by atoms with Gasteiger partial charge in [-0.25, -0.2) is 0 Å². The van der Waals surface area contributed by atoms with Gasteiger partial charge in [-0.05, 0) is 37.1 Å². The van der Waals surface area contributed by atoms with Crippen LogP contribution in [0.2, 0.25) is 0 Å². The van der Waals surface area contributed by atoms with Crippen molar-refractivity contribution < 1.29 is 14.3 Å². The van der Waals surface area contributed by atoms with E-state index in [0.717, 1.165) is 16.8 Å². The molecule has 1 atom stereocenters. The molecule has 0 fully saturated rings. The van der Waals surface area contributed by atoms with Crippen molar-refractivity contribution in [2.75, 3.05) is 11.9 Å². The molecule has 0 heterocycles. The van der Waals surface area contributed by atoms with Gasteiger partial charge in [0.15, 0.2) is 0 Å². The van der Waals surface area contributed by atoms with Crippen molar-refractivity contribution >= 4 is 11.6 Å². The standard InChI is InChI=1S/C19H23NO3/c1-3-22-13-17-10-7-11-18(12-17)20-19(21)15(2)23-14-16-8-5-4-6-9-16/h4-12,15H,3,13-14H2,1-2H3,(H,20,21). The summed E-state index contributed by atoms with van der Waals surface area (Å²) in [4.78, 5) is 12.2. The number of carbonyl (C=O) groups is 1. The molecular weight excluding hydrogens is 290 g/mol. The molecule has 122 valence electrons. The zero-order valence-corrected chi connectivity index (χ0v) is 13.6. The van der Waals surface area contributed by atoms with Crippen molar-refractivity contribution in [3.63, 3.8) is 0 Å². The lowest BCUT2D eigenvalue weighted by molar-refractivity contribution is -0.127. The first-order valence-corrected chi connectivity index (χ1v) is 7.82. The van der Waals surface area contributed by atoms with Crippen LogP contribution < -0.4 is 5.32 Å². The Kier molecular flexibility index (Phi) is 6.78. The number of amides is 1. The van der Waals surface area contributed by atoms with Crippen molar-refractivity contribution in [3.8, 4) is 0 Å². The van der Waals surface area contributed by atoms with Crippen LogP contribution in [0, 0.1) is 0 Å². The molecule has 0 aliphatic carbocycles. The number of benzene rings is 2. The average Bonchev–Trinajstić information content (AvgIpc) is 2.59. The fraction of sp³-hybridized carbons (Fsp3) is 0.316. The van der Waals surface area contributed by atoms with Gasteiger partial charge in [0.1, 0.15) is 6.10 Å². The highest BCUT2D eigenvalue weighted by atomic mass is 16.5. The second-order valence-electron chi connectivity index (χ2n) is 5.27. The minimum atomic E-state index is -0.522. The highest BCUT2D eigenvalue weighted by Crippen LogP contribution is 2.13. The predicted octanol–water partition coefficient (Wildman–Crippen LogP) is 3.77. The minimum absolute atomic E-state index is 0.158. The van der Waals surface area contributed by atoms with Crippen LogP contribution in [0.3, 0.4) is 0 Å². The number of anilines is 1. The minimum Gasteiger partial charge on any atom is -0.377 e. The van der Waals surface area contributed by atoms with Crippen LogP contribution in [-0.4, -0.2) is 18.6 Å². The molecule has 1 amide bonds. The predicted molar refractivity (Wildman–Crippen MR) is 91.1 cm³/mol. The van der Waals surface area contributed by atoms with Crippen LogP contribution in [-0.2, 0) is 27.5 Å². The summed E-state index contributed by atoms with van der Waals surface area (Å²) in [6, 6.07) is 17.5. The van der Waals surface area contributed by atoms with Crippen LogP contribution in [0.15, 0.2) is 54.6 Å². The van der Waals surface area contributed by atoms with E-state index in [9.17, 15) is 4.79 Å². The number of rotatable bonds is 8. The first-order chi connectivity index (χ1) is 11.2. The highest BCUT2D eigenvalue weighted by molar-refractivity contribution is 5.93. The molecule has 0 radical (unpaired) electrons. The van der Waals surface area contributed by atoms with Crippen LogP contribution >= 0.6 is 0 Å². The lowest BCUT2D eigenvalue weighted by Crippen LogP contribution is -2.27. The second-order valence-corrected chi connectivity index (χ2v) is 5.27. The van der Waals surface area contributed by atoms with Crippen molar-refractivity contribution in [2.45, 2.75) is 33.2 Å². The highest BCUT2D eigenvalue weighted by Gasteiger charge is 2.13. The lowest BCUT2D eigenvalue weighted by Gasteiger charge is -2.14. The summed E-state index contributed by atoms with van der Waals surface area (Å²) in [7, 11) is 0. The summed E-state index contributed by atoms with van der Waals surface area (Å²) >= 11 is 0. The number of hydrogen-bond acceptors (Lipinski definition) is 3. The molecule has 23 heavy (non-hydrogen) atoms. The quantitative estimate of drug-likeness (QED) is 0.807. The molecule has 4 heteroatoms. The summed E-state index contributed by atoms with van der Waals surface area (Å²) in [6.07, 6.45) is -0.522. The Morgan fingerprint density at radius 1 is 1.04 bits per heavy atom. The number of ether oxygens (including phenoxy) is 2. The molecule has 0 aliphatic rings. The zero-order valence-electron chi connectivity index (χ0n) is 13.6. The molecule has 0 saturated heterocycles. The maximum absolute atomic E-state index is 12.2. The molecule has 1 unspecified atom stereocenters. The Bertz CT molecular complexity index is 613. The van der Waals surface area contributed by atoms with E-state index in [1.165, 1.54) is 0 Å². The SMILES string of the molecule is CCOCc1cccc(NC(=O)C(C)OCc2ccccc2)c1. The Balaban J connectivity index is 1.85. The Hall–Kier alpha value is -2.17. The summed E-state index contributed by atoms with van der Waals surface area (Å²) in [6.45, 7) is 5.33. The second kappa shape index (κ2) is 9.08. The molecular formula is C19H23NO3. The van der Waals surface area contributed by atoms with Crippen LogP contribution in [0.4, 0.5) is 5.69 Å².